The minimum Gasteiger partial charge on any atom is -0.383 e. The fourth-order valence-electron chi connectivity index (χ4n) is 2.60. The molecule has 1 aromatic heterocycles. The van der Waals surface area contributed by atoms with Crippen molar-refractivity contribution in [2.45, 2.75) is 13.1 Å². The van der Waals surface area contributed by atoms with E-state index in [-0.39, 0.29) is 25.0 Å². The van der Waals surface area contributed by atoms with Crippen LogP contribution in [0.15, 0.2) is 47.8 Å². The molecule has 2 aromatic rings. The molecule has 0 bridgehead atoms. The third kappa shape index (κ3) is 7.13. The number of rotatable bonds is 11. The van der Waals surface area contributed by atoms with Crippen molar-refractivity contribution >= 4 is 23.2 Å². The highest BCUT2D eigenvalue weighted by molar-refractivity contribution is 7.09. The molecule has 0 aliphatic rings. The van der Waals surface area contributed by atoms with Gasteiger partial charge in [0.15, 0.2) is 0 Å². The Morgan fingerprint density at radius 3 is 2.33 bits per heavy atom. The third-order valence-electron chi connectivity index (χ3n) is 4.01. The van der Waals surface area contributed by atoms with Crippen LogP contribution in [0, 0.1) is 0 Å². The maximum atomic E-state index is 13.0. The average molecular weight is 391 g/mol. The van der Waals surface area contributed by atoms with Crippen LogP contribution < -0.4 is 0 Å². The number of hydrogen-bond donors (Lipinski definition) is 0. The summed E-state index contributed by atoms with van der Waals surface area (Å²) >= 11 is 1.61. The van der Waals surface area contributed by atoms with Crippen LogP contribution in [-0.4, -0.2) is 62.1 Å². The van der Waals surface area contributed by atoms with Crippen molar-refractivity contribution < 1.29 is 19.1 Å². The second-order valence-electron chi connectivity index (χ2n) is 6.06. The molecule has 0 aliphatic heterocycles. The molecule has 0 aliphatic carbocycles. The molecule has 0 fully saturated rings. The minimum atomic E-state index is -0.223. The van der Waals surface area contributed by atoms with Gasteiger partial charge < -0.3 is 19.3 Å². The van der Waals surface area contributed by atoms with Gasteiger partial charge in [-0.25, -0.2) is 0 Å². The molecule has 2 rings (SSSR count). The SMILES string of the molecule is COCCN(CC(=O)N(Cc1ccccc1)Cc1cccs1)C(=O)COC. The van der Waals surface area contributed by atoms with Gasteiger partial charge in [-0.2, -0.15) is 0 Å². The highest BCUT2D eigenvalue weighted by Crippen LogP contribution is 2.15. The molecule has 6 nitrogen and oxygen atoms in total. The largest absolute Gasteiger partial charge is 0.383 e. The van der Waals surface area contributed by atoms with Crippen molar-refractivity contribution in [2.75, 3.05) is 40.5 Å². The predicted molar refractivity (Wildman–Crippen MR) is 105 cm³/mol. The number of hydrogen-bond acceptors (Lipinski definition) is 5. The zero-order valence-corrected chi connectivity index (χ0v) is 16.6. The second kappa shape index (κ2) is 11.5. The number of carbonyl (C=O) groups excluding carboxylic acids is 2. The number of methoxy groups -OCH3 is 2. The Bertz CT molecular complexity index is 691. The van der Waals surface area contributed by atoms with Gasteiger partial charge in [-0.05, 0) is 17.0 Å². The third-order valence-corrected chi connectivity index (χ3v) is 4.87. The number of amides is 2. The Hall–Kier alpha value is -2.22. The molecule has 0 saturated carbocycles. The molecule has 0 unspecified atom stereocenters. The number of nitrogens with zero attached hydrogens (tertiary/aromatic N) is 2. The summed E-state index contributed by atoms with van der Waals surface area (Å²) in [5.74, 6) is -0.327. The summed E-state index contributed by atoms with van der Waals surface area (Å²) in [5, 5.41) is 1.99. The molecule has 7 heteroatoms. The molecular weight excluding hydrogens is 364 g/mol. The Morgan fingerprint density at radius 1 is 0.926 bits per heavy atom. The molecule has 0 spiro atoms. The van der Waals surface area contributed by atoms with E-state index in [0.29, 0.717) is 26.2 Å². The van der Waals surface area contributed by atoms with E-state index in [4.69, 9.17) is 9.47 Å². The molecule has 1 heterocycles. The summed E-state index contributed by atoms with van der Waals surface area (Å²) in [4.78, 5) is 29.6. The van der Waals surface area contributed by atoms with Gasteiger partial charge in [-0.15, -0.1) is 11.3 Å². The van der Waals surface area contributed by atoms with Gasteiger partial charge in [0, 0.05) is 32.2 Å². The van der Waals surface area contributed by atoms with Crippen LogP contribution in [0.1, 0.15) is 10.4 Å². The van der Waals surface area contributed by atoms with Crippen molar-refractivity contribution in [3.63, 3.8) is 0 Å². The summed E-state index contributed by atoms with van der Waals surface area (Å²) in [6.45, 7) is 1.68. The van der Waals surface area contributed by atoms with E-state index >= 15 is 0 Å². The standard InChI is InChI=1S/C20H26N2O4S/c1-25-11-10-21(20(24)16-26-2)15-19(23)22(14-18-9-6-12-27-18)13-17-7-4-3-5-8-17/h3-9,12H,10-11,13-16H2,1-2H3. The maximum absolute atomic E-state index is 13.0. The van der Waals surface area contributed by atoms with Crippen LogP contribution >= 0.6 is 11.3 Å². The van der Waals surface area contributed by atoms with Gasteiger partial charge >= 0.3 is 0 Å². The van der Waals surface area contributed by atoms with Gasteiger partial charge in [0.25, 0.3) is 0 Å². The molecule has 146 valence electrons. The van der Waals surface area contributed by atoms with E-state index in [0.717, 1.165) is 10.4 Å². The number of carbonyl (C=O) groups is 2. The molecule has 27 heavy (non-hydrogen) atoms. The summed E-state index contributed by atoms with van der Waals surface area (Å²) < 4.78 is 10.00. The quantitative estimate of drug-likeness (QED) is 0.591. The van der Waals surface area contributed by atoms with Crippen molar-refractivity contribution in [1.82, 2.24) is 9.80 Å². The van der Waals surface area contributed by atoms with Gasteiger partial charge in [0.2, 0.25) is 11.8 Å². The zero-order valence-electron chi connectivity index (χ0n) is 15.8. The fourth-order valence-corrected chi connectivity index (χ4v) is 3.32. The van der Waals surface area contributed by atoms with Crippen LogP contribution in [0.4, 0.5) is 0 Å². The highest BCUT2D eigenvalue weighted by Gasteiger charge is 2.21. The zero-order chi connectivity index (χ0) is 19.5. The van der Waals surface area contributed by atoms with E-state index in [1.54, 1.807) is 23.3 Å². The van der Waals surface area contributed by atoms with Crippen molar-refractivity contribution in [2.24, 2.45) is 0 Å². The van der Waals surface area contributed by atoms with Crippen molar-refractivity contribution in [3.8, 4) is 0 Å². The van der Waals surface area contributed by atoms with E-state index in [9.17, 15) is 9.59 Å². The van der Waals surface area contributed by atoms with Crippen LogP contribution in [0.2, 0.25) is 0 Å². The lowest BCUT2D eigenvalue weighted by molar-refractivity contribution is -0.143. The summed E-state index contributed by atoms with van der Waals surface area (Å²) in [6.07, 6.45) is 0. The molecule has 1 aromatic carbocycles. The van der Waals surface area contributed by atoms with Crippen LogP contribution in [0.3, 0.4) is 0 Å². The Labute approximate surface area is 164 Å². The highest BCUT2D eigenvalue weighted by atomic mass is 32.1. The van der Waals surface area contributed by atoms with Crippen LogP contribution in [0.5, 0.6) is 0 Å². The lowest BCUT2D eigenvalue weighted by Gasteiger charge is -2.27. The molecule has 0 atom stereocenters. The number of thiophene rings is 1. The van der Waals surface area contributed by atoms with Gasteiger partial charge in [-0.3, -0.25) is 9.59 Å². The van der Waals surface area contributed by atoms with Crippen LogP contribution in [0.25, 0.3) is 0 Å². The monoisotopic (exact) mass is 390 g/mol. The Balaban J connectivity index is 2.11. The minimum absolute atomic E-state index is 0.00373. The number of benzene rings is 1. The van der Waals surface area contributed by atoms with E-state index in [1.807, 2.05) is 47.8 Å². The first-order valence-corrected chi connectivity index (χ1v) is 9.61. The summed E-state index contributed by atoms with van der Waals surface area (Å²) in [7, 11) is 3.03. The van der Waals surface area contributed by atoms with E-state index in [2.05, 4.69) is 0 Å². The maximum Gasteiger partial charge on any atom is 0.249 e. The van der Waals surface area contributed by atoms with Gasteiger partial charge in [0.1, 0.15) is 6.61 Å². The fraction of sp³-hybridized carbons (Fsp3) is 0.400. The first-order chi connectivity index (χ1) is 13.1. The van der Waals surface area contributed by atoms with Crippen LogP contribution in [-0.2, 0) is 32.2 Å². The van der Waals surface area contributed by atoms with Crippen molar-refractivity contribution in [3.05, 3.63) is 58.3 Å². The summed E-state index contributed by atoms with van der Waals surface area (Å²) in [5.41, 5.74) is 1.05. The molecule has 2 amide bonds. The molecular formula is C20H26N2O4S. The van der Waals surface area contributed by atoms with E-state index in [1.165, 1.54) is 12.0 Å². The molecule has 0 saturated heterocycles. The Morgan fingerprint density at radius 2 is 1.70 bits per heavy atom. The molecule has 0 radical (unpaired) electrons. The smallest absolute Gasteiger partial charge is 0.249 e. The predicted octanol–water partition coefficient (Wildman–Crippen LogP) is 2.40. The van der Waals surface area contributed by atoms with Gasteiger partial charge in [-0.1, -0.05) is 36.4 Å². The number of ether oxygens (including phenoxy) is 2. The van der Waals surface area contributed by atoms with Crippen molar-refractivity contribution in [1.29, 1.82) is 0 Å². The van der Waals surface area contributed by atoms with Gasteiger partial charge in [0.05, 0.1) is 19.7 Å². The summed E-state index contributed by atoms with van der Waals surface area (Å²) in [6, 6.07) is 13.8. The lowest BCUT2D eigenvalue weighted by Crippen LogP contribution is -2.44. The first-order valence-electron chi connectivity index (χ1n) is 8.73. The topological polar surface area (TPSA) is 59.1 Å². The Kier molecular flexibility index (Phi) is 8.97. The molecule has 0 N–H and O–H groups in total. The lowest BCUT2D eigenvalue weighted by atomic mass is 10.2. The normalized spacial score (nSPS) is 10.6. The second-order valence-corrected chi connectivity index (χ2v) is 7.09. The van der Waals surface area contributed by atoms with E-state index < -0.39 is 0 Å². The first kappa shape index (κ1) is 21.1. The average Bonchev–Trinajstić information content (AvgIpc) is 3.18.